The Labute approximate surface area is 188 Å². The number of halogens is 2. The van der Waals surface area contributed by atoms with Crippen molar-refractivity contribution in [3.63, 3.8) is 0 Å². The lowest BCUT2D eigenvalue weighted by atomic mass is 10.1. The average molecular weight is 457 g/mol. The van der Waals surface area contributed by atoms with Gasteiger partial charge in [0, 0.05) is 30.9 Å². The smallest absolute Gasteiger partial charge is 0.352 e. The van der Waals surface area contributed by atoms with Crippen molar-refractivity contribution in [3.05, 3.63) is 69.2 Å². The Morgan fingerprint density at radius 1 is 1.06 bits per heavy atom. The summed E-state index contributed by atoms with van der Waals surface area (Å²) >= 11 is 6.00. The van der Waals surface area contributed by atoms with Crippen molar-refractivity contribution in [2.24, 2.45) is 0 Å². The summed E-state index contributed by atoms with van der Waals surface area (Å²) < 4.78 is 22.4. The monoisotopic (exact) mass is 456 g/mol. The van der Waals surface area contributed by atoms with Crippen LogP contribution in [0.2, 0.25) is 5.02 Å². The van der Waals surface area contributed by atoms with Crippen molar-refractivity contribution in [2.75, 3.05) is 13.1 Å². The second kappa shape index (κ2) is 8.23. The van der Waals surface area contributed by atoms with Crippen LogP contribution in [0.5, 0.6) is 0 Å². The van der Waals surface area contributed by atoms with Gasteiger partial charge in [0.25, 0.3) is 0 Å². The first-order chi connectivity index (χ1) is 15.4. The molecule has 2 atom stereocenters. The molecule has 0 amide bonds. The molecule has 1 saturated heterocycles. The normalized spacial score (nSPS) is 19.8. The van der Waals surface area contributed by atoms with E-state index in [0.29, 0.717) is 28.8 Å². The van der Waals surface area contributed by atoms with E-state index in [0.717, 1.165) is 18.7 Å². The average Bonchev–Trinajstić information content (AvgIpc) is 3.20. The number of rotatable bonds is 4. The number of morpholine rings is 1. The van der Waals surface area contributed by atoms with Gasteiger partial charge in [0.05, 0.1) is 24.1 Å². The molecule has 3 aromatic heterocycles. The van der Waals surface area contributed by atoms with Crippen molar-refractivity contribution in [1.82, 2.24) is 29.0 Å². The van der Waals surface area contributed by atoms with Crippen molar-refractivity contribution in [1.29, 1.82) is 0 Å². The Morgan fingerprint density at radius 2 is 1.84 bits per heavy atom. The molecule has 0 radical (unpaired) electrons. The molecular formula is C22H22ClFN6O2. The first-order valence-electron chi connectivity index (χ1n) is 10.4. The Morgan fingerprint density at radius 3 is 2.59 bits per heavy atom. The highest BCUT2D eigenvalue weighted by molar-refractivity contribution is 6.30. The molecular weight excluding hydrogens is 435 g/mol. The number of ether oxygens (including phenoxy) is 1. The molecule has 0 saturated carbocycles. The molecule has 0 bridgehead atoms. The maximum atomic E-state index is 13.9. The largest absolute Gasteiger partial charge is 0.373 e. The standard InChI is InChI=1S/C22H22ClFN6O2/c1-13-8-28(9-14(2)32-13)10-16-5-19-20(25-7-16)29(22(31)30-21(19)26-12-27-30)11-15-3-17(23)6-18(24)4-15/h3-7,12-14H,8-11H2,1-2H3. The molecule has 4 heterocycles. The summed E-state index contributed by atoms with van der Waals surface area (Å²) in [5, 5.41) is 5.06. The van der Waals surface area contributed by atoms with Crippen molar-refractivity contribution in [3.8, 4) is 0 Å². The van der Waals surface area contributed by atoms with E-state index >= 15 is 0 Å². The van der Waals surface area contributed by atoms with E-state index in [1.54, 1.807) is 12.3 Å². The number of hydrogen-bond donors (Lipinski definition) is 0. The number of benzene rings is 1. The fourth-order valence-electron chi connectivity index (χ4n) is 4.44. The Balaban J connectivity index is 1.58. The van der Waals surface area contributed by atoms with Crippen LogP contribution in [0.25, 0.3) is 16.7 Å². The minimum absolute atomic E-state index is 0.105. The van der Waals surface area contributed by atoms with Crippen LogP contribution < -0.4 is 5.69 Å². The van der Waals surface area contributed by atoms with Crippen molar-refractivity contribution in [2.45, 2.75) is 39.1 Å². The summed E-state index contributed by atoms with van der Waals surface area (Å²) in [6, 6.07) is 6.20. The van der Waals surface area contributed by atoms with Gasteiger partial charge in [-0.05, 0) is 49.2 Å². The molecule has 32 heavy (non-hydrogen) atoms. The molecule has 1 aliphatic heterocycles. The summed E-state index contributed by atoms with van der Waals surface area (Å²) in [7, 11) is 0. The SMILES string of the molecule is CC1CN(Cc2cnc3c(c2)c2ncnn2c(=O)n3Cc2cc(F)cc(Cl)c2)CC(C)O1. The van der Waals surface area contributed by atoms with Crippen LogP contribution in [0.3, 0.4) is 0 Å². The van der Waals surface area contributed by atoms with Gasteiger partial charge in [-0.2, -0.15) is 9.61 Å². The molecule has 10 heteroatoms. The summed E-state index contributed by atoms with van der Waals surface area (Å²) in [6.07, 6.45) is 3.45. The minimum atomic E-state index is -0.462. The highest BCUT2D eigenvalue weighted by Gasteiger charge is 2.23. The fraction of sp³-hybridized carbons (Fsp3) is 0.364. The van der Waals surface area contributed by atoms with Crippen LogP contribution >= 0.6 is 11.6 Å². The number of hydrogen-bond acceptors (Lipinski definition) is 6. The molecule has 2 unspecified atom stereocenters. The minimum Gasteiger partial charge on any atom is -0.373 e. The van der Waals surface area contributed by atoms with Gasteiger partial charge in [-0.15, -0.1) is 0 Å². The lowest BCUT2D eigenvalue weighted by Gasteiger charge is -2.35. The molecule has 4 aromatic rings. The number of nitrogens with zero attached hydrogens (tertiary/aromatic N) is 6. The molecule has 0 spiro atoms. The second-order valence-corrected chi connectivity index (χ2v) is 8.74. The summed E-state index contributed by atoms with van der Waals surface area (Å²) in [5.41, 5.74) is 2.06. The summed E-state index contributed by atoms with van der Waals surface area (Å²) in [5.74, 6) is -0.462. The van der Waals surface area contributed by atoms with Crippen LogP contribution in [0, 0.1) is 5.82 Å². The van der Waals surface area contributed by atoms with Crippen LogP contribution in [-0.2, 0) is 17.8 Å². The predicted octanol–water partition coefficient (Wildman–Crippen LogP) is 2.89. The third-order valence-corrected chi connectivity index (χ3v) is 5.76. The molecule has 1 fully saturated rings. The van der Waals surface area contributed by atoms with Crippen LogP contribution in [0.15, 0.2) is 41.6 Å². The van der Waals surface area contributed by atoms with E-state index in [1.165, 1.54) is 27.5 Å². The molecule has 1 aromatic carbocycles. The number of aromatic nitrogens is 5. The van der Waals surface area contributed by atoms with Crippen LogP contribution in [-0.4, -0.2) is 54.3 Å². The molecule has 5 rings (SSSR count). The van der Waals surface area contributed by atoms with Gasteiger partial charge >= 0.3 is 5.69 Å². The number of pyridine rings is 1. The first kappa shape index (κ1) is 21.0. The number of fused-ring (bicyclic) bond motifs is 3. The van der Waals surface area contributed by atoms with E-state index in [1.807, 2.05) is 6.07 Å². The van der Waals surface area contributed by atoms with Gasteiger partial charge in [-0.25, -0.2) is 19.2 Å². The molecule has 8 nitrogen and oxygen atoms in total. The highest BCUT2D eigenvalue weighted by atomic mass is 35.5. The Bertz CT molecular complexity index is 1340. The summed E-state index contributed by atoms with van der Waals surface area (Å²) in [6.45, 7) is 6.62. The Kier molecular flexibility index (Phi) is 5.40. The quantitative estimate of drug-likeness (QED) is 0.470. The Hall–Kier alpha value is -2.88. The summed E-state index contributed by atoms with van der Waals surface area (Å²) in [4.78, 5) is 24.3. The van der Waals surface area contributed by atoms with E-state index in [9.17, 15) is 9.18 Å². The third kappa shape index (κ3) is 3.99. The van der Waals surface area contributed by atoms with E-state index in [2.05, 4.69) is 33.8 Å². The zero-order chi connectivity index (χ0) is 22.4. The van der Waals surface area contributed by atoms with Gasteiger partial charge in [0.2, 0.25) is 0 Å². The van der Waals surface area contributed by atoms with Crippen LogP contribution in [0.1, 0.15) is 25.0 Å². The van der Waals surface area contributed by atoms with Crippen molar-refractivity contribution < 1.29 is 9.13 Å². The van der Waals surface area contributed by atoms with Gasteiger partial charge in [0.15, 0.2) is 5.65 Å². The van der Waals surface area contributed by atoms with Gasteiger partial charge in [0.1, 0.15) is 17.8 Å². The lowest BCUT2D eigenvalue weighted by Crippen LogP contribution is -2.44. The molecule has 0 aliphatic carbocycles. The molecule has 1 aliphatic rings. The zero-order valence-electron chi connectivity index (χ0n) is 17.7. The topological polar surface area (TPSA) is 77.6 Å². The predicted molar refractivity (Wildman–Crippen MR) is 118 cm³/mol. The molecule has 0 N–H and O–H groups in total. The van der Waals surface area contributed by atoms with E-state index in [-0.39, 0.29) is 23.8 Å². The highest BCUT2D eigenvalue weighted by Crippen LogP contribution is 2.21. The first-order valence-corrected chi connectivity index (χ1v) is 10.8. The van der Waals surface area contributed by atoms with Gasteiger partial charge in [-0.3, -0.25) is 9.47 Å². The van der Waals surface area contributed by atoms with E-state index in [4.69, 9.17) is 16.3 Å². The van der Waals surface area contributed by atoms with Crippen molar-refractivity contribution >= 4 is 28.3 Å². The third-order valence-electron chi connectivity index (χ3n) is 5.54. The van der Waals surface area contributed by atoms with E-state index < -0.39 is 11.5 Å². The van der Waals surface area contributed by atoms with Gasteiger partial charge in [-0.1, -0.05) is 11.6 Å². The maximum absolute atomic E-state index is 13.9. The maximum Gasteiger partial charge on any atom is 0.352 e. The van der Waals surface area contributed by atoms with Gasteiger partial charge < -0.3 is 4.74 Å². The van der Waals surface area contributed by atoms with Crippen LogP contribution in [0.4, 0.5) is 4.39 Å². The zero-order valence-corrected chi connectivity index (χ0v) is 18.5. The fourth-order valence-corrected chi connectivity index (χ4v) is 4.68. The lowest BCUT2D eigenvalue weighted by molar-refractivity contribution is -0.0705. The molecule has 166 valence electrons. The second-order valence-electron chi connectivity index (χ2n) is 8.31.